The lowest BCUT2D eigenvalue weighted by atomic mass is 10.2. The lowest BCUT2D eigenvalue weighted by Crippen LogP contribution is -2.13. The topological polar surface area (TPSA) is 113 Å². The summed E-state index contributed by atoms with van der Waals surface area (Å²) in [5.74, 6) is -1.15. The number of esters is 1. The summed E-state index contributed by atoms with van der Waals surface area (Å²) >= 11 is 1.24. The molecule has 0 bridgehead atoms. The zero-order valence-electron chi connectivity index (χ0n) is 10.6. The fourth-order valence-corrected chi connectivity index (χ4v) is 2.20. The van der Waals surface area contributed by atoms with Crippen LogP contribution in [0.1, 0.15) is 20.0 Å². The summed E-state index contributed by atoms with van der Waals surface area (Å²) in [6.45, 7) is -0.419. The van der Waals surface area contributed by atoms with E-state index in [2.05, 4.69) is 0 Å². The first-order chi connectivity index (χ1) is 9.99. The number of Topliss-reactive ketones (excluding diaryl/α,β-unsaturated/α-hetero) is 1. The SMILES string of the molecule is Nc1ccc(C(=O)OCC(=O)c2cccs2)cc1[N+](=O)[O-]. The number of ether oxygens (including phenoxy) is 1. The summed E-state index contributed by atoms with van der Waals surface area (Å²) in [5, 5.41) is 12.5. The van der Waals surface area contributed by atoms with E-state index in [9.17, 15) is 19.7 Å². The molecule has 0 amide bonds. The Bertz CT molecular complexity index is 697. The first kappa shape index (κ1) is 14.7. The van der Waals surface area contributed by atoms with E-state index in [0.29, 0.717) is 4.88 Å². The van der Waals surface area contributed by atoms with Crippen molar-refractivity contribution in [3.63, 3.8) is 0 Å². The maximum Gasteiger partial charge on any atom is 0.338 e. The van der Waals surface area contributed by atoms with Crippen molar-refractivity contribution < 1.29 is 19.2 Å². The number of carbonyl (C=O) groups is 2. The summed E-state index contributed by atoms with van der Waals surface area (Å²) < 4.78 is 4.84. The molecule has 0 aliphatic rings. The van der Waals surface area contributed by atoms with Crippen LogP contribution in [0.25, 0.3) is 0 Å². The average Bonchev–Trinajstić information content (AvgIpc) is 2.98. The van der Waals surface area contributed by atoms with Crippen LogP contribution in [-0.4, -0.2) is 23.3 Å². The van der Waals surface area contributed by atoms with Gasteiger partial charge in [-0.3, -0.25) is 14.9 Å². The number of hydrogen-bond acceptors (Lipinski definition) is 7. The van der Waals surface area contributed by atoms with Crippen LogP contribution < -0.4 is 5.73 Å². The molecule has 108 valence electrons. The number of benzene rings is 1. The predicted molar refractivity (Wildman–Crippen MR) is 76.4 cm³/mol. The van der Waals surface area contributed by atoms with Crippen molar-refractivity contribution in [1.82, 2.24) is 0 Å². The van der Waals surface area contributed by atoms with Gasteiger partial charge in [-0.25, -0.2) is 4.79 Å². The number of rotatable bonds is 5. The number of thiophene rings is 1. The highest BCUT2D eigenvalue weighted by Gasteiger charge is 2.17. The van der Waals surface area contributed by atoms with Crippen LogP contribution >= 0.6 is 11.3 Å². The van der Waals surface area contributed by atoms with E-state index in [4.69, 9.17) is 10.5 Å². The van der Waals surface area contributed by atoms with Crippen LogP contribution in [0.5, 0.6) is 0 Å². The third-order valence-electron chi connectivity index (χ3n) is 2.59. The Balaban J connectivity index is 2.05. The third-order valence-corrected chi connectivity index (χ3v) is 3.50. The molecular formula is C13H10N2O5S. The van der Waals surface area contributed by atoms with Crippen LogP contribution in [0.4, 0.5) is 11.4 Å². The minimum Gasteiger partial charge on any atom is -0.454 e. The van der Waals surface area contributed by atoms with Gasteiger partial charge in [-0.2, -0.15) is 0 Å². The van der Waals surface area contributed by atoms with Crippen molar-refractivity contribution in [3.8, 4) is 0 Å². The quantitative estimate of drug-likeness (QED) is 0.298. The van der Waals surface area contributed by atoms with Gasteiger partial charge in [-0.15, -0.1) is 11.3 Å². The Kier molecular flexibility index (Phi) is 4.29. The summed E-state index contributed by atoms with van der Waals surface area (Å²) in [4.78, 5) is 34.0. The van der Waals surface area contributed by atoms with E-state index in [1.165, 1.54) is 23.5 Å². The molecule has 0 saturated heterocycles. The fourth-order valence-electron chi connectivity index (χ4n) is 1.55. The lowest BCUT2D eigenvalue weighted by Gasteiger charge is -2.04. The molecule has 1 aromatic heterocycles. The fraction of sp³-hybridized carbons (Fsp3) is 0.0769. The summed E-state index contributed by atoms with van der Waals surface area (Å²) in [7, 11) is 0. The van der Waals surface area contributed by atoms with Gasteiger partial charge in [0.2, 0.25) is 5.78 Å². The maximum atomic E-state index is 11.8. The van der Waals surface area contributed by atoms with Gasteiger partial charge in [0.15, 0.2) is 6.61 Å². The molecule has 2 rings (SSSR count). The number of hydrogen-bond donors (Lipinski definition) is 1. The number of nitrogens with two attached hydrogens (primary N) is 1. The normalized spacial score (nSPS) is 10.1. The number of anilines is 1. The first-order valence-electron chi connectivity index (χ1n) is 5.77. The molecule has 21 heavy (non-hydrogen) atoms. The van der Waals surface area contributed by atoms with Crippen molar-refractivity contribution in [2.45, 2.75) is 0 Å². The smallest absolute Gasteiger partial charge is 0.338 e. The van der Waals surface area contributed by atoms with Gasteiger partial charge < -0.3 is 10.5 Å². The van der Waals surface area contributed by atoms with Crippen molar-refractivity contribution in [3.05, 3.63) is 56.3 Å². The van der Waals surface area contributed by atoms with Crippen molar-refractivity contribution in [2.75, 3.05) is 12.3 Å². The number of carbonyl (C=O) groups excluding carboxylic acids is 2. The monoisotopic (exact) mass is 306 g/mol. The summed E-state index contributed by atoms with van der Waals surface area (Å²) in [5.41, 5.74) is 4.97. The number of nitro groups is 1. The zero-order valence-corrected chi connectivity index (χ0v) is 11.5. The number of nitrogen functional groups attached to an aromatic ring is 1. The van der Waals surface area contributed by atoms with E-state index in [-0.39, 0.29) is 22.7 Å². The number of ketones is 1. The zero-order chi connectivity index (χ0) is 15.4. The molecule has 0 fully saturated rings. The molecule has 1 heterocycles. The Morgan fingerprint density at radius 3 is 2.71 bits per heavy atom. The van der Waals surface area contributed by atoms with Gasteiger partial charge in [0.1, 0.15) is 5.69 Å². The van der Waals surface area contributed by atoms with Crippen molar-refractivity contribution in [2.24, 2.45) is 0 Å². The number of nitro benzene ring substituents is 1. The molecule has 0 radical (unpaired) electrons. The standard InChI is InChI=1S/C13H10N2O5S/c14-9-4-3-8(6-10(9)15(18)19)13(17)20-7-11(16)12-2-1-5-21-12/h1-6H,7,14H2. The van der Waals surface area contributed by atoms with Gasteiger partial charge in [-0.1, -0.05) is 6.07 Å². The highest BCUT2D eigenvalue weighted by Crippen LogP contribution is 2.22. The van der Waals surface area contributed by atoms with Crippen molar-refractivity contribution in [1.29, 1.82) is 0 Å². The van der Waals surface area contributed by atoms with E-state index >= 15 is 0 Å². The summed E-state index contributed by atoms with van der Waals surface area (Å²) in [6, 6.07) is 6.90. The molecule has 1 aromatic carbocycles. The molecular weight excluding hydrogens is 296 g/mol. The third kappa shape index (κ3) is 3.42. The second-order valence-corrected chi connectivity index (χ2v) is 4.96. The largest absolute Gasteiger partial charge is 0.454 e. The Labute approximate surface area is 123 Å². The van der Waals surface area contributed by atoms with E-state index < -0.39 is 17.5 Å². The van der Waals surface area contributed by atoms with E-state index in [1.54, 1.807) is 17.5 Å². The van der Waals surface area contributed by atoms with Gasteiger partial charge in [0, 0.05) is 6.07 Å². The van der Waals surface area contributed by atoms with Gasteiger partial charge in [0.05, 0.1) is 15.4 Å². The van der Waals surface area contributed by atoms with Crippen LogP contribution in [0, 0.1) is 10.1 Å². The van der Waals surface area contributed by atoms with Crippen molar-refractivity contribution >= 4 is 34.5 Å². The molecule has 0 spiro atoms. The molecule has 7 nitrogen and oxygen atoms in total. The molecule has 0 aliphatic carbocycles. The van der Waals surface area contributed by atoms with Gasteiger partial charge >= 0.3 is 5.97 Å². The Morgan fingerprint density at radius 2 is 2.10 bits per heavy atom. The second kappa shape index (κ2) is 6.14. The van der Waals surface area contributed by atoms with E-state index in [1.807, 2.05) is 0 Å². The molecule has 2 N–H and O–H groups in total. The maximum absolute atomic E-state index is 11.8. The lowest BCUT2D eigenvalue weighted by molar-refractivity contribution is -0.383. The Morgan fingerprint density at radius 1 is 1.33 bits per heavy atom. The first-order valence-corrected chi connectivity index (χ1v) is 6.64. The molecule has 0 unspecified atom stereocenters. The second-order valence-electron chi connectivity index (χ2n) is 4.01. The highest BCUT2D eigenvalue weighted by molar-refractivity contribution is 7.12. The van der Waals surface area contributed by atoms with Crippen LogP contribution in [-0.2, 0) is 4.74 Å². The van der Waals surface area contributed by atoms with Gasteiger partial charge in [-0.05, 0) is 23.6 Å². The summed E-state index contributed by atoms with van der Waals surface area (Å²) in [6.07, 6.45) is 0. The molecule has 0 atom stereocenters. The highest BCUT2D eigenvalue weighted by atomic mass is 32.1. The van der Waals surface area contributed by atoms with Crippen LogP contribution in [0.3, 0.4) is 0 Å². The minimum atomic E-state index is -0.817. The molecule has 0 aliphatic heterocycles. The molecule has 2 aromatic rings. The molecule has 8 heteroatoms. The van der Waals surface area contributed by atoms with Gasteiger partial charge in [0.25, 0.3) is 5.69 Å². The number of nitrogens with zero attached hydrogens (tertiary/aromatic N) is 1. The molecule has 0 saturated carbocycles. The van der Waals surface area contributed by atoms with Crippen LogP contribution in [0.15, 0.2) is 35.7 Å². The minimum absolute atomic E-state index is 0.0325. The van der Waals surface area contributed by atoms with Crippen LogP contribution in [0.2, 0.25) is 0 Å². The predicted octanol–water partition coefficient (Wildman–Crippen LogP) is 2.28. The average molecular weight is 306 g/mol. The van der Waals surface area contributed by atoms with E-state index in [0.717, 1.165) is 6.07 Å². The Hall–Kier alpha value is -2.74.